The lowest BCUT2D eigenvalue weighted by Gasteiger charge is -2.14. The fourth-order valence-electron chi connectivity index (χ4n) is 1.74. The molecule has 0 amide bonds. The van der Waals surface area contributed by atoms with Crippen molar-refractivity contribution >= 4 is 5.96 Å². The average molecular weight is 265 g/mol. The zero-order valence-electron chi connectivity index (χ0n) is 11.8. The van der Waals surface area contributed by atoms with Gasteiger partial charge in [-0.2, -0.15) is 0 Å². The van der Waals surface area contributed by atoms with Gasteiger partial charge in [0.05, 0.1) is 13.7 Å². The van der Waals surface area contributed by atoms with Crippen molar-refractivity contribution in [2.75, 3.05) is 33.9 Å². The molecule has 3 N–H and O–H groups in total. The lowest BCUT2D eigenvalue weighted by atomic mass is 10.0. The van der Waals surface area contributed by atoms with Gasteiger partial charge in [0.25, 0.3) is 0 Å². The van der Waals surface area contributed by atoms with Crippen molar-refractivity contribution in [2.45, 2.75) is 12.8 Å². The Morgan fingerprint density at radius 2 is 2.11 bits per heavy atom. The van der Waals surface area contributed by atoms with Crippen molar-refractivity contribution in [3.05, 3.63) is 29.8 Å². The van der Waals surface area contributed by atoms with Crippen molar-refractivity contribution in [2.24, 2.45) is 10.7 Å². The van der Waals surface area contributed by atoms with Crippen molar-refractivity contribution < 1.29 is 9.47 Å². The first-order chi connectivity index (χ1) is 9.19. The summed E-state index contributed by atoms with van der Waals surface area (Å²) >= 11 is 0. The molecule has 0 bridgehead atoms. The van der Waals surface area contributed by atoms with Gasteiger partial charge >= 0.3 is 0 Å². The summed E-state index contributed by atoms with van der Waals surface area (Å²) in [6.45, 7) is 3.99. The summed E-state index contributed by atoms with van der Waals surface area (Å²) in [6.07, 6.45) is 0. The van der Waals surface area contributed by atoms with Crippen molar-refractivity contribution in [3.8, 4) is 5.75 Å². The second kappa shape index (κ2) is 8.37. The lowest BCUT2D eigenvalue weighted by molar-refractivity contribution is 0.204. The molecular weight excluding hydrogens is 242 g/mol. The average Bonchev–Trinajstić information content (AvgIpc) is 2.45. The molecule has 1 aromatic carbocycles. The normalized spacial score (nSPS) is 13.1. The van der Waals surface area contributed by atoms with Gasteiger partial charge in [-0.3, -0.25) is 4.99 Å². The quantitative estimate of drug-likeness (QED) is 0.443. The van der Waals surface area contributed by atoms with Gasteiger partial charge < -0.3 is 20.5 Å². The first-order valence-corrected chi connectivity index (χ1v) is 6.34. The Morgan fingerprint density at radius 1 is 1.37 bits per heavy atom. The van der Waals surface area contributed by atoms with E-state index in [1.54, 1.807) is 14.2 Å². The van der Waals surface area contributed by atoms with E-state index in [2.05, 4.69) is 17.2 Å². The highest BCUT2D eigenvalue weighted by atomic mass is 16.5. The van der Waals surface area contributed by atoms with E-state index in [-0.39, 0.29) is 5.92 Å². The number of nitrogens with two attached hydrogens (primary N) is 1. The first-order valence-electron chi connectivity index (χ1n) is 6.34. The molecule has 1 unspecified atom stereocenters. The fraction of sp³-hybridized carbons (Fsp3) is 0.500. The van der Waals surface area contributed by atoms with Gasteiger partial charge in [0.2, 0.25) is 0 Å². The van der Waals surface area contributed by atoms with E-state index >= 15 is 0 Å². The van der Waals surface area contributed by atoms with Crippen LogP contribution in [-0.2, 0) is 4.74 Å². The molecule has 106 valence electrons. The van der Waals surface area contributed by atoms with E-state index in [0.29, 0.717) is 25.7 Å². The number of hydrogen-bond acceptors (Lipinski definition) is 3. The fourth-order valence-corrected chi connectivity index (χ4v) is 1.74. The maximum Gasteiger partial charge on any atom is 0.188 e. The number of nitrogens with one attached hydrogen (secondary N) is 1. The summed E-state index contributed by atoms with van der Waals surface area (Å²) in [5.41, 5.74) is 6.90. The predicted octanol–water partition coefficient (Wildman–Crippen LogP) is 1.35. The third kappa shape index (κ3) is 5.18. The second-order valence-corrected chi connectivity index (χ2v) is 4.29. The highest BCUT2D eigenvalue weighted by molar-refractivity contribution is 5.77. The van der Waals surface area contributed by atoms with Crippen molar-refractivity contribution in [1.82, 2.24) is 5.32 Å². The summed E-state index contributed by atoms with van der Waals surface area (Å²) in [4.78, 5) is 4.32. The second-order valence-electron chi connectivity index (χ2n) is 4.29. The number of guanidine groups is 1. The molecule has 0 spiro atoms. The number of nitrogens with zero attached hydrogens (tertiary/aromatic N) is 1. The summed E-state index contributed by atoms with van der Waals surface area (Å²) in [6, 6.07) is 7.96. The molecule has 0 aromatic heterocycles. The SMILES string of the molecule is COCCNC(N)=NCC(C)c1ccccc1OC. The molecule has 5 nitrogen and oxygen atoms in total. The molecule has 0 saturated heterocycles. The van der Waals surface area contributed by atoms with Crippen molar-refractivity contribution in [1.29, 1.82) is 0 Å². The van der Waals surface area contributed by atoms with Crippen LogP contribution in [0.1, 0.15) is 18.4 Å². The van der Waals surface area contributed by atoms with Gasteiger partial charge in [-0.1, -0.05) is 25.1 Å². The molecule has 0 fully saturated rings. The minimum Gasteiger partial charge on any atom is -0.496 e. The van der Waals surface area contributed by atoms with Gasteiger partial charge in [0.15, 0.2) is 5.96 Å². The maximum atomic E-state index is 5.76. The molecule has 1 aromatic rings. The van der Waals surface area contributed by atoms with E-state index in [4.69, 9.17) is 15.2 Å². The van der Waals surface area contributed by atoms with Crippen LogP contribution in [0.4, 0.5) is 0 Å². The van der Waals surface area contributed by atoms with Gasteiger partial charge in [0.1, 0.15) is 5.75 Å². The molecule has 5 heteroatoms. The zero-order valence-corrected chi connectivity index (χ0v) is 11.8. The highest BCUT2D eigenvalue weighted by Gasteiger charge is 2.10. The molecule has 0 heterocycles. The molecule has 0 radical (unpaired) electrons. The van der Waals surface area contributed by atoms with E-state index in [1.165, 1.54) is 0 Å². The number of hydrogen-bond donors (Lipinski definition) is 2. The van der Waals surface area contributed by atoms with Crippen molar-refractivity contribution in [3.63, 3.8) is 0 Å². The molecule has 0 saturated carbocycles. The minimum absolute atomic E-state index is 0.249. The largest absolute Gasteiger partial charge is 0.496 e. The molecular formula is C14H23N3O2. The summed E-state index contributed by atoms with van der Waals surface area (Å²) in [7, 11) is 3.33. The van der Waals surface area contributed by atoms with Gasteiger partial charge in [-0.15, -0.1) is 0 Å². The van der Waals surface area contributed by atoms with Gasteiger partial charge in [0, 0.05) is 26.1 Å². The Hall–Kier alpha value is -1.75. The highest BCUT2D eigenvalue weighted by Crippen LogP contribution is 2.25. The Morgan fingerprint density at radius 3 is 2.79 bits per heavy atom. The first kappa shape index (κ1) is 15.3. The van der Waals surface area contributed by atoms with E-state index in [1.807, 2.05) is 24.3 Å². The number of benzene rings is 1. The molecule has 0 aliphatic rings. The number of ether oxygens (including phenoxy) is 2. The number of para-hydroxylation sites is 1. The smallest absolute Gasteiger partial charge is 0.188 e. The van der Waals surface area contributed by atoms with Crippen LogP contribution in [-0.4, -0.2) is 39.9 Å². The number of aliphatic imine (C=N–C) groups is 1. The van der Waals surface area contributed by atoms with E-state index in [0.717, 1.165) is 11.3 Å². The Balaban J connectivity index is 2.54. The zero-order chi connectivity index (χ0) is 14.1. The maximum absolute atomic E-state index is 5.76. The summed E-state index contributed by atoms with van der Waals surface area (Å²) < 4.78 is 10.3. The number of rotatable bonds is 7. The molecule has 1 atom stereocenters. The van der Waals surface area contributed by atoms with Crippen LogP contribution in [0.5, 0.6) is 5.75 Å². The molecule has 0 aliphatic carbocycles. The van der Waals surface area contributed by atoms with Crippen LogP contribution in [0.3, 0.4) is 0 Å². The third-order valence-corrected chi connectivity index (χ3v) is 2.82. The topological polar surface area (TPSA) is 68.9 Å². The Labute approximate surface area is 114 Å². The van der Waals surface area contributed by atoms with Gasteiger partial charge in [-0.25, -0.2) is 0 Å². The minimum atomic E-state index is 0.249. The Kier molecular flexibility index (Phi) is 6.74. The van der Waals surface area contributed by atoms with E-state index < -0.39 is 0 Å². The predicted molar refractivity (Wildman–Crippen MR) is 77.8 cm³/mol. The van der Waals surface area contributed by atoms with Crippen LogP contribution in [0, 0.1) is 0 Å². The van der Waals surface area contributed by atoms with Crippen LogP contribution >= 0.6 is 0 Å². The third-order valence-electron chi connectivity index (χ3n) is 2.82. The number of methoxy groups -OCH3 is 2. The van der Waals surface area contributed by atoms with Gasteiger partial charge in [-0.05, 0) is 11.6 Å². The van der Waals surface area contributed by atoms with Crippen LogP contribution in [0.2, 0.25) is 0 Å². The lowest BCUT2D eigenvalue weighted by Crippen LogP contribution is -2.34. The van der Waals surface area contributed by atoms with Crippen LogP contribution in [0.25, 0.3) is 0 Å². The standard InChI is InChI=1S/C14H23N3O2/c1-11(10-17-14(15)16-8-9-18-2)12-6-4-5-7-13(12)19-3/h4-7,11H,8-10H2,1-3H3,(H3,15,16,17). The van der Waals surface area contributed by atoms with Crippen LogP contribution in [0.15, 0.2) is 29.3 Å². The summed E-state index contributed by atoms with van der Waals surface area (Å²) in [5, 5.41) is 2.99. The van der Waals surface area contributed by atoms with Crippen LogP contribution < -0.4 is 15.8 Å². The summed E-state index contributed by atoms with van der Waals surface area (Å²) in [5.74, 6) is 1.58. The Bertz CT molecular complexity index is 407. The molecule has 1 rings (SSSR count). The molecule has 19 heavy (non-hydrogen) atoms. The monoisotopic (exact) mass is 265 g/mol. The molecule has 0 aliphatic heterocycles. The van der Waals surface area contributed by atoms with E-state index in [9.17, 15) is 0 Å².